The molecule has 2 aliphatic carbocycles. The average Bonchev–Trinajstić information content (AvgIpc) is 3.08. The van der Waals surface area contributed by atoms with Gasteiger partial charge in [0.1, 0.15) is 6.10 Å². The summed E-state index contributed by atoms with van der Waals surface area (Å²) < 4.78 is 26.0. The van der Waals surface area contributed by atoms with E-state index in [2.05, 4.69) is 20.4 Å². The topological polar surface area (TPSA) is 73.8 Å². The molecule has 0 radical (unpaired) electrons. The summed E-state index contributed by atoms with van der Waals surface area (Å²) in [4.78, 5) is 23.8. The van der Waals surface area contributed by atoms with Gasteiger partial charge in [0.15, 0.2) is 18.2 Å². The van der Waals surface area contributed by atoms with Crippen LogP contribution in [0.5, 0.6) is 0 Å². The summed E-state index contributed by atoms with van der Waals surface area (Å²) in [5.41, 5.74) is 0.328. The summed E-state index contributed by atoms with van der Waals surface area (Å²) in [5, 5.41) is 0. The minimum Gasteiger partial charge on any atom is -0.352 e. The van der Waals surface area contributed by atoms with Crippen LogP contribution in [0.1, 0.15) is 91.9 Å². The molecule has 10 atom stereocenters. The molecule has 5 heterocycles. The third-order valence-corrected chi connectivity index (χ3v) is 9.89. The minimum atomic E-state index is -0.779. The van der Waals surface area contributed by atoms with E-state index in [4.69, 9.17) is 38.5 Å². The quantitative estimate of drug-likeness (QED) is 0.353. The summed E-state index contributed by atoms with van der Waals surface area (Å²) in [6.07, 6.45) is 8.51. The van der Waals surface area contributed by atoms with E-state index in [0.717, 1.165) is 50.5 Å². The molecule has 2 spiro atoms. The third-order valence-electron chi connectivity index (χ3n) is 9.89. The molecule has 0 aromatic heterocycles. The zero-order valence-electron chi connectivity index (χ0n) is 22.4. The molecule has 7 aliphatic rings. The normalized spacial score (nSPS) is 49.9. The Hall–Kier alpha value is -0.580. The lowest BCUT2D eigenvalue weighted by molar-refractivity contribution is -0.577. The molecular weight excluding hydrogens is 464 g/mol. The zero-order valence-corrected chi connectivity index (χ0v) is 22.4. The van der Waals surface area contributed by atoms with Crippen LogP contribution < -0.4 is 0 Å². The highest BCUT2D eigenvalue weighted by Crippen LogP contribution is 2.60. The van der Waals surface area contributed by atoms with Crippen molar-refractivity contribution < 1.29 is 38.5 Å². The Morgan fingerprint density at radius 2 is 1.75 bits per heavy atom. The Kier molecular flexibility index (Phi) is 6.82. The van der Waals surface area contributed by atoms with Gasteiger partial charge in [-0.05, 0) is 63.4 Å². The van der Waals surface area contributed by atoms with Crippen LogP contribution in [0.4, 0.5) is 0 Å². The van der Waals surface area contributed by atoms with Crippen molar-refractivity contribution >= 4 is 0 Å². The molecule has 8 heteroatoms. The maximum Gasteiger partial charge on any atom is 0.201 e. The number of hydrogen-bond acceptors (Lipinski definition) is 8. The number of ether oxygens (including phenoxy) is 4. The molecule has 7 fully saturated rings. The van der Waals surface area contributed by atoms with E-state index in [-0.39, 0.29) is 30.3 Å². The molecule has 204 valence electrons. The molecule has 0 aromatic carbocycles. The highest BCUT2D eigenvalue weighted by Gasteiger charge is 2.69. The monoisotopic (exact) mass is 508 g/mol. The van der Waals surface area contributed by atoms with Crippen molar-refractivity contribution in [3.05, 3.63) is 12.2 Å². The van der Waals surface area contributed by atoms with Crippen molar-refractivity contribution in [2.75, 3.05) is 6.61 Å². The largest absolute Gasteiger partial charge is 0.352 e. The van der Waals surface area contributed by atoms with Crippen LogP contribution in [0.25, 0.3) is 0 Å². The smallest absolute Gasteiger partial charge is 0.201 e. The Bertz CT molecular complexity index is 828. The van der Waals surface area contributed by atoms with E-state index in [1.807, 2.05) is 13.8 Å². The van der Waals surface area contributed by atoms with Gasteiger partial charge in [0, 0.05) is 37.5 Å². The van der Waals surface area contributed by atoms with Crippen LogP contribution in [0.2, 0.25) is 0 Å². The second kappa shape index (κ2) is 9.56. The second-order valence-corrected chi connectivity index (χ2v) is 12.5. The van der Waals surface area contributed by atoms with Crippen molar-refractivity contribution in [1.82, 2.24) is 0 Å². The standard InChI is InChI=1S/C28H44O8/c1-17(2)23-22(31-27(35-33-23)13-7-6-8-14-27)12-16-29-24-19(4)21-10-9-18(3)20-11-15-26(5)32-25(30-24)28(20,21)36-34-26/h18-25H,1,6-16H2,2-5H3/t18-,19-,20+,21+,22?,23?,24+,25-,26-,28-/m1/s1. The lowest BCUT2D eigenvalue weighted by atomic mass is 9.58. The first-order valence-corrected chi connectivity index (χ1v) is 14.2. The predicted molar refractivity (Wildman–Crippen MR) is 129 cm³/mol. The summed E-state index contributed by atoms with van der Waals surface area (Å²) in [6.45, 7) is 13.1. The molecule has 2 bridgehead atoms. The first-order valence-electron chi connectivity index (χ1n) is 14.2. The lowest BCUT2D eigenvalue weighted by Crippen LogP contribution is -2.70. The van der Waals surface area contributed by atoms with Crippen LogP contribution in [0.3, 0.4) is 0 Å². The Morgan fingerprint density at radius 3 is 2.53 bits per heavy atom. The molecule has 8 nitrogen and oxygen atoms in total. The summed E-state index contributed by atoms with van der Waals surface area (Å²) in [6, 6.07) is 0. The summed E-state index contributed by atoms with van der Waals surface area (Å²) in [5.74, 6) is -0.116. The van der Waals surface area contributed by atoms with Gasteiger partial charge in [0.05, 0.1) is 12.7 Å². The van der Waals surface area contributed by atoms with E-state index in [9.17, 15) is 0 Å². The van der Waals surface area contributed by atoms with Crippen molar-refractivity contribution in [3.8, 4) is 0 Å². The van der Waals surface area contributed by atoms with E-state index in [0.29, 0.717) is 24.9 Å². The molecule has 2 unspecified atom stereocenters. The van der Waals surface area contributed by atoms with Crippen molar-refractivity contribution in [2.24, 2.45) is 23.7 Å². The van der Waals surface area contributed by atoms with E-state index >= 15 is 0 Å². The van der Waals surface area contributed by atoms with Crippen LogP contribution in [0.15, 0.2) is 12.2 Å². The van der Waals surface area contributed by atoms with Gasteiger partial charge in [-0.25, -0.2) is 19.6 Å². The fraction of sp³-hybridized carbons (Fsp3) is 0.929. The molecule has 7 rings (SSSR count). The molecule has 0 amide bonds. The zero-order chi connectivity index (χ0) is 25.1. The maximum atomic E-state index is 6.57. The Labute approximate surface area is 215 Å². The van der Waals surface area contributed by atoms with Gasteiger partial charge < -0.3 is 18.9 Å². The average molecular weight is 509 g/mol. The van der Waals surface area contributed by atoms with E-state index in [1.54, 1.807) is 0 Å². The van der Waals surface area contributed by atoms with Gasteiger partial charge in [-0.1, -0.05) is 26.8 Å². The molecule has 5 saturated heterocycles. The highest BCUT2D eigenvalue weighted by atomic mass is 17.3. The van der Waals surface area contributed by atoms with Crippen LogP contribution in [-0.4, -0.2) is 48.6 Å². The predicted octanol–water partition coefficient (Wildman–Crippen LogP) is 5.55. The van der Waals surface area contributed by atoms with Gasteiger partial charge in [0.25, 0.3) is 0 Å². The summed E-state index contributed by atoms with van der Waals surface area (Å²) in [7, 11) is 0. The van der Waals surface area contributed by atoms with Crippen LogP contribution in [-0.2, 0) is 38.5 Å². The molecule has 36 heavy (non-hydrogen) atoms. The fourth-order valence-electron chi connectivity index (χ4n) is 7.82. The first-order chi connectivity index (χ1) is 17.3. The van der Waals surface area contributed by atoms with E-state index in [1.165, 1.54) is 12.8 Å². The number of rotatable bonds is 5. The molecule has 5 aliphatic heterocycles. The van der Waals surface area contributed by atoms with Gasteiger partial charge in [-0.15, -0.1) is 0 Å². The second-order valence-electron chi connectivity index (χ2n) is 12.5. The molecule has 0 aromatic rings. The van der Waals surface area contributed by atoms with Crippen LogP contribution in [0, 0.1) is 23.7 Å². The Balaban J connectivity index is 1.14. The molecule has 0 N–H and O–H groups in total. The van der Waals surface area contributed by atoms with Crippen molar-refractivity contribution in [2.45, 2.75) is 134 Å². The number of hydrogen-bond donors (Lipinski definition) is 0. The van der Waals surface area contributed by atoms with Crippen molar-refractivity contribution in [1.29, 1.82) is 0 Å². The summed E-state index contributed by atoms with van der Waals surface area (Å²) >= 11 is 0. The van der Waals surface area contributed by atoms with Gasteiger partial charge >= 0.3 is 0 Å². The van der Waals surface area contributed by atoms with Gasteiger partial charge in [-0.2, -0.15) is 0 Å². The van der Waals surface area contributed by atoms with Gasteiger partial charge in [-0.3, -0.25) is 0 Å². The molecule has 2 saturated carbocycles. The molecular formula is C28H44O8. The van der Waals surface area contributed by atoms with Gasteiger partial charge in [0.2, 0.25) is 11.6 Å². The maximum absolute atomic E-state index is 6.57. The van der Waals surface area contributed by atoms with E-state index < -0.39 is 23.5 Å². The Morgan fingerprint density at radius 1 is 0.944 bits per heavy atom. The minimum absolute atomic E-state index is 0.152. The number of fused-ring (bicyclic) bond motifs is 2. The van der Waals surface area contributed by atoms with Crippen molar-refractivity contribution in [3.63, 3.8) is 0 Å². The third kappa shape index (κ3) is 4.20. The first kappa shape index (κ1) is 25.7. The highest BCUT2D eigenvalue weighted by molar-refractivity contribution is 5.09. The lowest BCUT2D eigenvalue weighted by Gasteiger charge is -2.60. The SMILES string of the molecule is C=C(C)C1OOC2(CCCCC2)OC1CCO[C@H]1O[C@@H]2O[C@@]3(C)CC[C@H]4[C@H](C)CC[C@@H]([C@H]1C)[C@@]24OO3. The fourth-order valence-corrected chi connectivity index (χ4v) is 7.82. The van der Waals surface area contributed by atoms with Crippen LogP contribution >= 0.6 is 0 Å².